The van der Waals surface area contributed by atoms with Crippen molar-refractivity contribution in [1.82, 2.24) is 58.3 Å². The van der Waals surface area contributed by atoms with Gasteiger partial charge in [-0.1, -0.05) is 166 Å². The number of halogens is 15. The van der Waals surface area contributed by atoms with Gasteiger partial charge in [0.2, 0.25) is 17.7 Å². The van der Waals surface area contributed by atoms with E-state index in [0.29, 0.717) is 50.8 Å². The first-order valence-electron chi connectivity index (χ1n) is 43.7. The monoisotopic (exact) mass is 2100 g/mol. The Morgan fingerprint density at radius 3 is 0.787 bits per heavy atom. The number of aromatic hydroxyl groups is 3. The second kappa shape index (κ2) is 41.5. The number of pyridine rings is 9. The summed E-state index contributed by atoms with van der Waals surface area (Å²) < 4.78 is 95.2. The summed E-state index contributed by atoms with van der Waals surface area (Å²) in [6.07, 6.45) is 8.48. The molecule has 3 aromatic carbocycles. The van der Waals surface area contributed by atoms with Crippen molar-refractivity contribution >= 4 is 172 Å². The van der Waals surface area contributed by atoms with Crippen molar-refractivity contribution < 1.29 is 56.0 Å². The molecule has 0 radical (unpaired) electrons. The van der Waals surface area contributed by atoms with Gasteiger partial charge in [0.1, 0.15) is 66.9 Å². The standard InChI is InChI=1S/3C33H29Cl3F2N6O3/c3*1-7-21(45)43-16(5)12-42(13-17(43)6)30-18-10-20(34)28(22-23(35)26(38)24(36)31(46)25(22)37)41-32(18)44(33(47)19(30)11-39)29-15(4)8-9-40-27(29)14(2)3/h3*7-10,14,16-17,46H,1,12-13H2,2-6H3/t3*16-,17+. The van der Waals surface area contributed by atoms with Crippen LogP contribution in [0.2, 0.25) is 45.2 Å². The maximum Gasteiger partial charge on any atom is 0.276 e. The number of nitrogens with zero attached hydrogens (tertiary/aromatic N) is 18. The average molecular weight is 2110 g/mol. The topological polar surface area (TPSA) is 346 Å². The van der Waals surface area contributed by atoms with E-state index < -0.39 is 116 Å². The van der Waals surface area contributed by atoms with Crippen LogP contribution in [0, 0.1) is 89.7 Å². The molecule has 3 aliphatic heterocycles. The number of hydrogen-bond acceptors (Lipinski definition) is 21. The number of aromatic nitrogens is 9. The third-order valence-corrected chi connectivity index (χ3v) is 27.7. The third kappa shape index (κ3) is 18.4. The molecule has 27 nitrogen and oxygen atoms in total. The molecule has 0 aliphatic carbocycles. The maximum atomic E-state index is 15.6. The van der Waals surface area contributed by atoms with Gasteiger partial charge in [0.05, 0.1) is 115 Å². The summed E-state index contributed by atoms with van der Waals surface area (Å²) in [6.45, 7) is 39.8. The Balaban J connectivity index is 0.000000178. The molecule has 12 aromatic rings. The number of amides is 3. The number of carbonyl (C=O) groups excluding carboxylic acids is 3. The van der Waals surface area contributed by atoms with Crippen molar-refractivity contribution in [2.75, 3.05) is 54.0 Å². The number of nitriles is 3. The number of hydrogen-bond donors (Lipinski definition) is 3. The zero-order valence-corrected chi connectivity index (χ0v) is 84.8. The quantitative estimate of drug-likeness (QED) is 0.0371. The van der Waals surface area contributed by atoms with Gasteiger partial charge >= 0.3 is 0 Å². The lowest BCUT2D eigenvalue weighted by molar-refractivity contribution is -0.131. The number of fused-ring (bicyclic) bond motifs is 3. The molecule has 3 aliphatic rings. The highest BCUT2D eigenvalue weighted by atomic mass is 35.5. The van der Waals surface area contributed by atoms with Crippen LogP contribution in [0.25, 0.3) is 83.9 Å². The van der Waals surface area contributed by atoms with E-state index in [-0.39, 0.29) is 210 Å². The summed E-state index contributed by atoms with van der Waals surface area (Å²) in [6, 6.07) is 13.4. The van der Waals surface area contributed by atoms with E-state index in [1.165, 1.54) is 50.1 Å². The van der Waals surface area contributed by atoms with E-state index in [1.807, 2.05) is 97.8 Å². The Morgan fingerprint density at radius 2 is 0.596 bits per heavy atom. The zero-order chi connectivity index (χ0) is 104. The first kappa shape index (κ1) is 106. The van der Waals surface area contributed by atoms with Crippen LogP contribution in [-0.2, 0) is 14.4 Å². The molecule has 732 valence electrons. The van der Waals surface area contributed by atoms with Crippen molar-refractivity contribution in [2.45, 2.75) is 158 Å². The highest BCUT2D eigenvalue weighted by Gasteiger charge is 2.42. The first-order valence-corrected chi connectivity index (χ1v) is 47.1. The number of phenols is 3. The number of carbonyl (C=O) groups is 3. The minimum Gasteiger partial charge on any atom is -0.504 e. The van der Waals surface area contributed by atoms with Gasteiger partial charge in [-0.05, 0) is 151 Å². The highest BCUT2D eigenvalue weighted by molar-refractivity contribution is 6.41. The molecule has 9 aromatic heterocycles. The fourth-order valence-corrected chi connectivity index (χ4v) is 20.9. The molecular formula is C99H87Cl9F6N18O9. The molecule has 0 bridgehead atoms. The Bertz CT molecular complexity index is 6870. The predicted molar refractivity (Wildman–Crippen MR) is 537 cm³/mol. The molecule has 15 rings (SSSR count). The number of benzene rings is 3. The van der Waals surface area contributed by atoms with Gasteiger partial charge in [-0.2, -0.15) is 15.8 Å². The smallest absolute Gasteiger partial charge is 0.276 e. The van der Waals surface area contributed by atoms with Gasteiger partial charge in [0, 0.05) is 110 Å². The van der Waals surface area contributed by atoms with E-state index in [0.717, 1.165) is 0 Å². The van der Waals surface area contributed by atoms with Crippen molar-refractivity contribution in [1.29, 1.82) is 15.8 Å². The van der Waals surface area contributed by atoms with Crippen LogP contribution >= 0.6 is 104 Å². The summed E-state index contributed by atoms with van der Waals surface area (Å²) in [4.78, 5) is 119. The molecule has 3 N–H and O–H groups in total. The number of aryl methyl sites for hydroxylation is 3. The fraction of sp³-hybridized carbons (Fsp3) is 0.303. The lowest BCUT2D eigenvalue weighted by Gasteiger charge is -2.45. The Morgan fingerprint density at radius 1 is 0.383 bits per heavy atom. The van der Waals surface area contributed by atoms with Crippen LogP contribution in [0.4, 0.5) is 43.4 Å². The van der Waals surface area contributed by atoms with Crippen LogP contribution in [0.15, 0.2) is 107 Å². The van der Waals surface area contributed by atoms with Crippen molar-refractivity contribution in [2.24, 2.45) is 0 Å². The molecule has 0 spiro atoms. The molecule has 3 saturated heterocycles. The van der Waals surface area contributed by atoms with Gasteiger partial charge in [-0.15, -0.1) is 0 Å². The average Bonchev–Trinajstić information content (AvgIpc) is 0.725. The number of anilines is 3. The molecule has 42 heteroatoms. The minimum absolute atomic E-state index is 0.0587. The summed E-state index contributed by atoms with van der Waals surface area (Å²) in [5.41, 5.74) is -1.13. The van der Waals surface area contributed by atoms with Crippen molar-refractivity contribution in [3.63, 3.8) is 0 Å². The molecular weight excluding hydrogens is 2020 g/mol. The Labute approximate surface area is 849 Å². The second-order valence-electron chi connectivity index (χ2n) is 35.1. The van der Waals surface area contributed by atoms with E-state index >= 15 is 13.2 Å². The van der Waals surface area contributed by atoms with Crippen LogP contribution in [-0.4, -0.2) is 167 Å². The SMILES string of the molecule is C=CC(=O)N1[C@H](C)CN(c2c(C#N)c(=O)n(-c3c(C)ccnc3C(C)C)c3nc(-c4c(F)c(O)c(Cl)c(F)c4Cl)c(Cl)cc23)C[C@@H]1C.C=CC(=O)N1[C@H](C)CN(c2c(C#N)c(=O)n(-c3c(C)ccnc3C(C)C)c3nc(-c4c(F)c(O)c(Cl)c(F)c4Cl)c(Cl)cc23)C[C@@H]1C.C=CC(=O)N1[C@H](C)CN(c2c(C#N)c(=O)n(-c3c(C)ccnc3C(C)C)c3nc(-c4c(F)c(O)c(Cl)c(F)c4Cl)c(Cl)cc23)C[C@@H]1C. The lowest BCUT2D eigenvalue weighted by Crippen LogP contribution is -2.58. The highest BCUT2D eigenvalue weighted by Crippen LogP contribution is 2.51. The van der Waals surface area contributed by atoms with E-state index in [1.54, 1.807) is 72.3 Å². The second-order valence-corrected chi connectivity index (χ2v) is 38.6. The molecule has 0 saturated carbocycles. The van der Waals surface area contributed by atoms with Crippen molar-refractivity contribution in [3.8, 4) is 86.3 Å². The molecule has 12 heterocycles. The summed E-state index contributed by atoms with van der Waals surface area (Å²) in [7, 11) is 0. The summed E-state index contributed by atoms with van der Waals surface area (Å²) >= 11 is 56.1. The summed E-state index contributed by atoms with van der Waals surface area (Å²) in [5, 5.41) is 57.2. The number of piperazine rings is 3. The third-order valence-electron chi connectivity index (χ3n) is 24.8. The maximum absolute atomic E-state index is 15.6. The van der Waals surface area contributed by atoms with Gasteiger partial charge < -0.3 is 44.7 Å². The van der Waals surface area contributed by atoms with Crippen LogP contribution in [0.5, 0.6) is 17.2 Å². The first-order chi connectivity index (χ1) is 66.5. The van der Waals surface area contributed by atoms with Gasteiger partial charge in [0.15, 0.2) is 52.2 Å². The van der Waals surface area contributed by atoms with E-state index in [9.17, 15) is 73.0 Å². The largest absolute Gasteiger partial charge is 0.504 e. The number of phenolic OH excluding ortho intramolecular Hbond substituents is 3. The molecule has 0 unspecified atom stereocenters. The Kier molecular flexibility index (Phi) is 31.0. The minimum atomic E-state index is -1.37. The van der Waals surface area contributed by atoms with Crippen molar-refractivity contribution in [3.05, 3.63) is 255 Å². The van der Waals surface area contributed by atoms with Crippen LogP contribution < -0.4 is 31.4 Å². The molecule has 6 atom stereocenters. The van der Waals surface area contributed by atoms with Crippen LogP contribution in [0.3, 0.4) is 0 Å². The van der Waals surface area contributed by atoms with E-state index in [4.69, 9.17) is 104 Å². The molecule has 3 amide bonds. The summed E-state index contributed by atoms with van der Waals surface area (Å²) in [5.74, 6) is -12.9. The molecule has 141 heavy (non-hydrogen) atoms. The normalized spacial score (nSPS) is 16.6. The van der Waals surface area contributed by atoms with Gasteiger partial charge in [-0.3, -0.25) is 57.4 Å². The zero-order valence-electron chi connectivity index (χ0n) is 78.0. The Hall–Kier alpha value is -12.7. The van der Waals surface area contributed by atoms with Gasteiger partial charge in [0.25, 0.3) is 16.7 Å². The lowest BCUT2D eigenvalue weighted by atomic mass is 10.0. The fourth-order valence-electron chi connectivity index (χ4n) is 18.7. The molecule has 3 fully saturated rings. The number of rotatable bonds is 15. The predicted octanol–water partition coefficient (Wildman–Crippen LogP) is 21.9. The van der Waals surface area contributed by atoms with Crippen LogP contribution in [0.1, 0.15) is 151 Å². The van der Waals surface area contributed by atoms with E-state index in [2.05, 4.69) is 67.8 Å². The van der Waals surface area contributed by atoms with Gasteiger partial charge in [-0.25, -0.2) is 41.3 Å².